The molecule has 1 saturated carbocycles. The number of benzene rings is 1. The van der Waals surface area contributed by atoms with Crippen LogP contribution in [0.15, 0.2) is 18.2 Å². The van der Waals surface area contributed by atoms with Crippen LogP contribution in [0.4, 0.5) is 5.69 Å². The van der Waals surface area contributed by atoms with E-state index in [0.29, 0.717) is 11.3 Å². The van der Waals surface area contributed by atoms with Gasteiger partial charge in [-0.05, 0) is 35.4 Å². The topological polar surface area (TPSA) is 26.0 Å². The third-order valence-corrected chi connectivity index (χ3v) is 3.17. The molecule has 0 bridgehead atoms. The van der Waals surface area contributed by atoms with Crippen molar-refractivity contribution in [3.8, 4) is 0 Å². The van der Waals surface area contributed by atoms with Gasteiger partial charge in [0.15, 0.2) is 0 Å². The zero-order valence-corrected chi connectivity index (χ0v) is 8.73. The summed E-state index contributed by atoms with van der Waals surface area (Å²) in [4.78, 5) is 0. The van der Waals surface area contributed by atoms with E-state index in [-0.39, 0.29) is 0 Å². The van der Waals surface area contributed by atoms with Gasteiger partial charge >= 0.3 is 0 Å². The molecule has 1 aliphatic carbocycles. The minimum Gasteiger partial charge on any atom is -0.398 e. The Balaban J connectivity index is 2.33. The van der Waals surface area contributed by atoms with Crippen LogP contribution in [0.2, 0.25) is 5.02 Å². The lowest BCUT2D eigenvalue weighted by Gasteiger charge is -2.07. The lowest BCUT2D eigenvalue weighted by atomic mass is 10.0. The maximum Gasteiger partial charge on any atom is 0.0426 e. The summed E-state index contributed by atoms with van der Waals surface area (Å²) in [5, 5.41) is 0.722. The normalized spacial score (nSPS) is 24.4. The van der Waals surface area contributed by atoms with Crippen molar-refractivity contribution in [3.05, 3.63) is 28.8 Å². The highest BCUT2D eigenvalue weighted by atomic mass is 35.5. The van der Waals surface area contributed by atoms with Gasteiger partial charge in [-0.2, -0.15) is 0 Å². The maximum atomic E-state index is 5.90. The second-order valence-electron chi connectivity index (χ2n) is 4.52. The van der Waals surface area contributed by atoms with Crippen molar-refractivity contribution < 1.29 is 0 Å². The fourth-order valence-corrected chi connectivity index (χ4v) is 2.04. The largest absolute Gasteiger partial charge is 0.398 e. The first kappa shape index (κ1) is 8.89. The third kappa shape index (κ3) is 1.53. The maximum absolute atomic E-state index is 5.90. The average molecular weight is 196 g/mol. The van der Waals surface area contributed by atoms with Gasteiger partial charge in [-0.15, -0.1) is 0 Å². The molecule has 1 fully saturated rings. The molecule has 1 aromatic carbocycles. The predicted molar refractivity (Wildman–Crippen MR) is 57.0 cm³/mol. The summed E-state index contributed by atoms with van der Waals surface area (Å²) in [5.41, 5.74) is 8.43. The fourth-order valence-electron chi connectivity index (χ4n) is 1.86. The molecule has 1 aromatic rings. The van der Waals surface area contributed by atoms with Crippen LogP contribution in [0.25, 0.3) is 0 Å². The van der Waals surface area contributed by atoms with E-state index in [9.17, 15) is 0 Å². The molecule has 1 unspecified atom stereocenters. The number of rotatable bonds is 1. The predicted octanol–water partition coefficient (Wildman–Crippen LogP) is 3.44. The highest BCUT2D eigenvalue weighted by Gasteiger charge is 2.47. The molecule has 1 aliphatic rings. The molecule has 0 aromatic heterocycles. The molecule has 1 nitrogen and oxygen atoms in total. The molecule has 2 rings (SSSR count). The van der Waals surface area contributed by atoms with Gasteiger partial charge in [0.25, 0.3) is 0 Å². The molecule has 2 N–H and O–H groups in total. The smallest absolute Gasteiger partial charge is 0.0426 e. The number of anilines is 1. The van der Waals surface area contributed by atoms with Gasteiger partial charge in [-0.3, -0.25) is 0 Å². The average Bonchev–Trinajstić information content (AvgIpc) is 2.59. The van der Waals surface area contributed by atoms with E-state index in [2.05, 4.69) is 19.9 Å². The summed E-state index contributed by atoms with van der Waals surface area (Å²) in [5.74, 6) is 0.629. The van der Waals surface area contributed by atoms with Crippen LogP contribution in [0.5, 0.6) is 0 Å². The molecular formula is C11H14ClN. The first-order valence-electron chi connectivity index (χ1n) is 4.55. The molecule has 70 valence electrons. The van der Waals surface area contributed by atoms with Crippen LogP contribution in [-0.2, 0) is 0 Å². The molecule has 1 atom stereocenters. The van der Waals surface area contributed by atoms with Crippen LogP contribution in [0.1, 0.15) is 31.7 Å². The fraction of sp³-hybridized carbons (Fsp3) is 0.455. The van der Waals surface area contributed by atoms with Gasteiger partial charge in [0.05, 0.1) is 0 Å². The Morgan fingerprint density at radius 2 is 2.08 bits per heavy atom. The lowest BCUT2D eigenvalue weighted by molar-refractivity contribution is 0.622. The van der Waals surface area contributed by atoms with E-state index >= 15 is 0 Å². The number of hydrogen-bond donors (Lipinski definition) is 1. The lowest BCUT2D eigenvalue weighted by Crippen LogP contribution is -1.96. The van der Waals surface area contributed by atoms with Gasteiger partial charge in [0.1, 0.15) is 0 Å². The van der Waals surface area contributed by atoms with Crippen LogP contribution in [-0.4, -0.2) is 0 Å². The van der Waals surface area contributed by atoms with Crippen LogP contribution in [0.3, 0.4) is 0 Å². The van der Waals surface area contributed by atoms with E-state index in [4.69, 9.17) is 17.3 Å². The van der Waals surface area contributed by atoms with Crippen molar-refractivity contribution >= 4 is 17.3 Å². The first-order valence-corrected chi connectivity index (χ1v) is 4.93. The second-order valence-corrected chi connectivity index (χ2v) is 4.95. The van der Waals surface area contributed by atoms with Crippen molar-refractivity contribution in [1.82, 2.24) is 0 Å². The summed E-state index contributed by atoms with van der Waals surface area (Å²) in [6.45, 7) is 4.54. The summed E-state index contributed by atoms with van der Waals surface area (Å²) in [7, 11) is 0. The SMILES string of the molecule is CC1(C)CC1c1ccc(Cl)cc1N. The van der Waals surface area contributed by atoms with Gasteiger partial charge in [0, 0.05) is 10.7 Å². The molecule has 2 heteroatoms. The summed E-state index contributed by atoms with van der Waals surface area (Å²) < 4.78 is 0. The van der Waals surface area contributed by atoms with E-state index < -0.39 is 0 Å². The van der Waals surface area contributed by atoms with Crippen molar-refractivity contribution in [2.75, 3.05) is 5.73 Å². The number of hydrogen-bond acceptors (Lipinski definition) is 1. The minimum atomic E-state index is 0.432. The zero-order valence-electron chi connectivity index (χ0n) is 7.97. The van der Waals surface area contributed by atoms with Crippen molar-refractivity contribution in [2.24, 2.45) is 5.41 Å². The molecule has 0 saturated heterocycles. The molecule has 0 spiro atoms. The summed E-state index contributed by atoms with van der Waals surface area (Å²) >= 11 is 5.83. The Bertz CT molecular complexity index is 344. The summed E-state index contributed by atoms with van der Waals surface area (Å²) in [6, 6.07) is 5.81. The van der Waals surface area contributed by atoms with E-state index in [1.165, 1.54) is 12.0 Å². The van der Waals surface area contributed by atoms with Crippen molar-refractivity contribution in [2.45, 2.75) is 26.2 Å². The Hall–Kier alpha value is -0.690. The number of nitrogen functional groups attached to an aromatic ring is 1. The Labute approximate surface area is 83.9 Å². The van der Waals surface area contributed by atoms with Crippen LogP contribution >= 0.6 is 11.6 Å². The summed E-state index contributed by atoms with van der Waals surface area (Å²) in [6.07, 6.45) is 1.23. The minimum absolute atomic E-state index is 0.432. The molecule has 0 aliphatic heterocycles. The second kappa shape index (κ2) is 2.65. The Morgan fingerprint density at radius 1 is 1.46 bits per heavy atom. The van der Waals surface area contributed by atoms with Crippen molar-refractivity contribution in [3.63, 3.8) is 0 Å². The Morgan fingerprint density at radius 3 is 2.54 bits per heavy atom. The van der Waals surface area contributed by atoms with Gasteiger partial charge < -0.3 is 5.73 Å². The Kier molecular flexibility index (Phi) is 1.81. The number of nitrogens with two attached hydrogens (primary N) is 1. The van der Waals surface area contributed by atoms with Gasteiger partial charge in [0.2, 0.25) is 0 Å². The standard InChI is InChI=1S/C11H14ClN/c1-11(2)6-9(11)8-4-3-7(12)5-10(8)13/h3-5,9H,6,13H2,1-2H3. The monoisotopic (exact) mass is 195 g/mol. The molecule has 13 heavy (non-hydrogen) atoms. The quantitative estimate of drug-likeness (QED) is 0.683. The number of halogens is 1. The molecule has 0 radical (unpaired) electrons. The highest BCUT2D eigenvalue weighted by molar-refractivity contribution is 6.30. The van der Waals surface area contributed by atoms with E-state index in [0.717, 1.165) is 10.7 Å². The van der Waals surface area contributed by atoms with Crippen LogP contribution < -0.4 is 5.73 Å². The van der Waals surface area contributed by atoms with Gasteiger partial charge in [-0.1, -0.05) is 31.5 Å². The third-order valence-electron chi connectivity index (χ3n) is 2.94. The van der Waals surface area contributed by atoms with Gasteiger partial charge in [-0.25, -0.2) is 0 Å². The van der Waals surface area contributed by atoms with Crippen LogP contribution in [0, 0.1) is 5.41 Å². The van der Waals surface area contributed by atoms with E-state index in [1.54, 1.807) is 0 Å². The first-order chi connectivity index (χ1) is 6.00. The zero-order chi connectivity index (χ0) is 9.64. The van der Waals surface area contributed by atoms with Crippen molar-refractivity contribution in [1.29, 1.82) is 0 Å². The van der Waals surface area contributed by atoms with E-state index in [1.807, 2.05) is 12.1 Å². The molecule has 0 heterocycles. The highest BCUT2D eigenvalue weighted by Crippen LogP contribution is 2.59. The molecule has 0 amide bonds. The molecular weight excluding hydrogens is 182 g/mol.